The first-order valence-electron chi connectivity index (χ1n) is 7.60. The van der Waals surface area contributed by atoms with Crippen LogP contribution in [0.15, 0.2) is 30.3 Å². The summed E-state index contributed by atoms with van der Waals surface area (Å²) in [6.07, 6.45) is 0. The van der Waals surface area contributed by atoms with Crippen molar-refractivity contribution in [2.45, 2.75) is 5.75 Å². The summed E-state index contributed by atoms with van der Waals surface area (Å²) in [5.41, 5.74) is 1.57. The molecule has 1 N–H and O–H groups in total. The Morgan fingerprint density at radius 1 is 1.00 bits per heavy atom. The number of hydrogen-bond acceptors (Lipinski definition) is 5. The van der Waals surface area contributed by atoms with Gasteiger partial charge in [-0.05, 0) is 17.7 Å². The van der Waals surface area contributed by atoms with Gasteiger partial charge < -0.3 is 19.5 Å². The molecule has 0 atom stereocenters. The molecule has 26 heavy (non-hydrogen) atoms. The van der Waals surface area contributed by atoms with Gasteiger partial charge in [-0.1, -0.05) is 29.3 Å². The SMILES string of the molecule is COc1cc(NC(=O)CSCc2ccc(Cl)c(Cl)c2)cc(OC)c1OC. The number of ether oxygens (including phenoxy) is 3. The van der Waals surface area contributed by atoms with Crippen LogP contribution in [0.3, 0.4) is 0 Å². The van der Waals surface area contributed by atoms with Gasteiger partial charge in [0.25, 0.3) is 0 Å². The number of amides is 1. The highest BCUT2D eigenvalue weighted by Gasteiger charge is 2.14. The maximum absolute atomic E-state index is 12.2. The molecule has 0 fully saturated rings. The van der Waals surface area contributed by atoms with Crippen LogP contribution in [0, 0.1) is 0 Å². The molecule has 0 aliphatic carbocycles. The fourth-order valence-corrected chi connectivity index (χ4v) is 3.34. The summed E-state index contributed by atoms with van der Waals surface area (Å²) < 4.78 is 15.8. The molecule has 0 bridgehead atoms. The van der Waals surface area contributed by atoms with E-state index in [9.17, 15) is 4.79 Å². The molecule has 140 valence electrons. The minimum absolute atomic E-state index is 0.135. The zero-order chi connectivity index (χ0) is 19.1. The fourth-order valence-electron chi connectivity index (χ4n) is 2.24. The predicted molar refractivity (Wildman–Crippen MR) is 107 cm³/mol. The van der Waals surface area contributed by atoms with Crippen molar-refractivity contribution < 1.29 is 19.0 Å². The first-order chi connectivity index (χ1) is 12.5. The molecule has 0 aliphatic heterocycles. The number of rotatable bonds is 8. The first-order valence-corrected chi connectivity index (χ1v) is 9.51. The third-order valence-corrected chi connectivity index (χ3v) is 5.18. The second kappa shape index (κ2) is 9.80. The number of hydrogen-bond donors (Lipinski definition) is 1. The predicted octanol–water partition coefficient (Wildman–Crippen LogP) is 4.89. The number of anilines is 1. The Balaban J connectivity index is 1.95. The van der Waals surface area contributed by atoms with Crippen molar-refractivity contribution in [1.82, 2.24) is 0 Å². The van der Waals surface area contributed by atoms with Gasteiger partial charge in [0.2, 0.25) is 11.7 Å². The zero-order valence-electron chi connectivity index (χ0n) is 14.6. The van der Waals surface area contributed by atoms with Gasteiger partial charge in [0.15, 0.2) is 11.5 Å². The lowest BCUT2D eigenvalue weighted by Gasteiger charge is -2.14. The minimum Gasteiger partial charge on any atom is -0.493 e. The standard InChI is InChI=1S/C18H19Cl2NO4S/c1-23-15-7-12(8-16(24-2)18(15)25-3)21-17(22)10-26-9-11-4-5-13(19)14(20)6-11/h4-8H,9-10H2,1-3H3,(H,21,22). The van der Waals surface area contributed by atoms with Gasteiger partial charge in [0, 0.05) is 23.6 Å². The van der Waals surface area contributed by atoms with E-state index in [1.807, 2.05) is 6.07 Å². The Hall–Kier alpha value is -1.76. The van der Waals surface area contributed by atoms with Crippen LogP contribution in [0.4, 0.5) is 5.69 Å². The van der Waals surface area contributed by atoms with E-state index in [2.05, 4.69) is 5.32 Å². The molecule has 0 radical (unpaired) electrons. The first kappa shape index (κ1) is 20.6. The summed E-state index contributed by atoms with van der Waals surface area (Å²) in [4.78, 5) is 12.2. The van der Waals surface area contributed by atoms with Crippen LogP contribution in [0.2, 0.25) is 10.0 Å². The van der Waals surface area contributed by atoms with Crippen molar-refractivity contribution in [3.05, 3.63) is 45.9 Å². The molecule has 0 spiro atoms. The fraction of sp³-hybridized carbons (Fsp3) is 0.278. The van der Waals surface area contributed by atoms with Gasteiger partial charge in [-0.15, -0.1) is 11.8 Å². The highest BCUT2D eigenvalue weighted by atomic mass is 35.5. The van der Waals surface area contributed by atoms with Crippen LogP contribution in [0.5, 0.6) is 17.2 Å². The normalized spacial score (nSPS) is 10.3. The molecule has 5 nitrogen and oxygen atoms in total. The molecule has 0 saturated carbocycles. The van der Waals surface area contributed by atoms with Crippen molar-refractivity contribution in [1.29, 1.82) is 0 Å². The van der Waals surface area contributed by atoms with E-state index >= 15 is 0 Å². The second-order valence-electron chi connectivity index (χ2n) is 5.20. The van der Waals surface area contributed by atoms with Gasteiger partial charge >= 0.3 is 0 Å². The Morgan fingerprint density at radius 3 is 2.19 bits per heavy atom. The van der Waals surface area contributed by atoms with E-state index < -0.39 is 0 Å². The molecule has 2 aromatic rings. The van der Waals surface area contributed by atoms with E-state index in [1.54, 1.807) is 24.3 Å². The number of carbonyl (C=O) groups excluding carboxylic acids is 1. The summed E-state index contributed by atoms with van der Waals surface area (Å²) in [6.45, 7) is 0. The lowest BCUT2D eigenvalue weighted by atomic mass is 10.2. The van der Waals surface area contributed by atoms with Crippen molar-refractivity contribution in [3.63, 3.8) is 0 Å². The summed E-state index contributed by atoms with van der Waals surface area (Å²) >= 11 is 13.4. The van der Waals surface area contributed by atoms with Gasteiger partial charge in [-0.3, -0.25) is 4.79 Å². The molecule has 0 heterocycles. The van der Waals surface area contributed by atoms with Gasteiger partial charge in [0.1, 0.15) is 0 Å². The highest BCUT2D eigenvalue weighted by molar-refractivity contribution is 7.99. The molecule has 0 aromatic heterocycles. The van der Waals surface area contributed by atoms with E-state index in [0.717, 1.165) is 5.56 Å². The van der Waals surface area contributed by atoms with Crippen LogP contribution < -0.4 is 19.5 Å². The van der Waals surface area contributed by atoms with Crippen LogP contribution in [-0.4, -0.2) is 33.0 Å². The molecular weight excluding hydrogens is 397 g/mol. The molecule has 0 aliphatic rings. The Kier molecular flexibility index (Phi) is 7.75. The number of thioether (sulfide) groups is 1. The van der Waals surface area contributed by atoms with E-state index in [0.29, 0.717) is 38.7 Å². The molecule has 2 aromatic carbocycles. The zero-order valence-corrected chi connectivity index (χ0v) is 16.9. The van der Waals surface area contributed by atoms with Gasteiger partial charge in [-0.2, -0.15) is 0 Å². The van der Waals surface area contributed by atoms with E-state index in [-0.39, 0.29) is 11.7 Å². The lowest BCUT2D eigenvalue weighted by Crippen LogP contribution is -2.14. The Bertz CT molecular complexity index is 761. The minimum atomic E-state index is -0.135. The molecule has 1 amide bonds. The second-order valence-corrected chi connectivity index (χ2v) is 7.00. The quantitative estimate of drug-likeness (QED) is 0.664. The van der Waals surface area contributed by atoms with E-state index in [1.165, 1.54) is 33.1 Å². The van der Waals surface area contributed by atoms with Crippen molar-refractivity contribution >= 4 is 46.6 Å². The third kappa shape index (κ3) is 5.37. The van der Waals surface area contributed by atoms with Crippen molar-refractivity contribution in [3.8, 4) is 17.2 Å². The van der Waals surface area contributed by atoms with Crippen LogP contribution in [-0.2, 0) is 10.5 Å². The monoisotopic (exact) mass is 415 g/mol. The number of methoxy groups -OCH3 is 3. The third-order valence-electron chi connectivity index (χ3n) is 3.43. The number of nitrogens with one attached hydrogen (secondary N) is 1. The van der Waals surface area contributed by atoms with E-state index in [4.69, 9.17) is 37.4 Å². The van der Waals surface area contributed by atoms with Gasteiger partial charge in [-0.25, -0.2) is 0 Å². The molecule has 2 rings (SSSR count). The average Bonchev–Trinajstić information content (AvgIpc) is 2.63. The van der Waals surface area contributed by atoms with Crippen LogP contribution >= 0.6 is 35.0 Å². The smallest absolute Gasteiger partial charge is 0.234 e. The summed E-state index contributed by atoms with van der Waals surface area (Å²) in [5.74, 6) is 2.23. The Labute approximate surface area is 166 Å². The summed E-state index contributed by atoms with van der Waals surface area (Å²) in [7, 11) is 4.57. The number of halogens is 2. The lowest BCUT2D eigenvalue weighted by molar-refractivity contribution is -0.113. The molecular formula is C18H19Cl2NO4S. The maximum Gasteiger partial charge on any atom is 0.234 e. The largest absolute Gasteiger partial charge is 0.493 e. The summed E-state index contributed by atoms with van der Waals surface area (Å²) in [6, 6.07) is 8.80. The average molecular weight is 416 g/mol. The molecule has 0 saturated heterocycles. The number of benzene rings is 2. The van der Waals surface area contributed by atoms with Crippen molar-refractivity contribution in [2.75, 3.05) is 32.4 Å². The van der Waals surface area contributed by atoms with Crippen LogP contribution in [0.25, 0.3) is 0 Å². The highest BCUT2D eigenvalue weighted by Crippen LogP contribution is 2.39. The van der Waals surface area contributed by atoms with Gasteiger partial charge in [0.05, 0.1) is 37.1 Å². The molecule has 0 unspecified atom stereocenters. The topological polar surface area (TPSA) is 56.8 Å². The molecule has 8 heteroatoms. The van der Waals surface area contributed by atoms with Crippen LogP contribution in [0.1, 0.15) is 5.56 Å². The maximum atomic E-state index is 12.2. The summed E-state index contributed by atoms with van der Waals surface area (Å²) in [5, 5.41) is 3.85. The van der Waals surface area contributed by atoms with Crippen molar-refractivity contribution in [2.24, 2.45) is 0 Å². The number of carbonyl (C=O) groups is 1. The Morgan fingerprint density at radius 2 is 1.65 bits per heavy atom.